The predicted molar refractivity (Wildman–Crippen MR) is 86.9 cm³/mol. The van der Waals surface area contributed by atoms with Crippen LogP contribution in [-0.4, -0.2) is 53.6 Å². The van der Waals surface area contributed by atoms with E-state index in [1.807, 2.05) is 47.1 Å². The molecule has 1 aromatic carbocycles. The first kappa shape index (κ1) is 14.5. The van der Waals surface area contributed by atoms with Gasteiger partial charge in [-0.1, -0.05) is 12.1 Å². The largest absolute Gasteiger partial charge is 0.383 e. The van der Waals surface area contributed by atoms with Gasteiger partial charge in [0.05, 0.1) is 17.7 Å². The van der Waals surface area contributed by atoms with E-state index in [1.165, 1.54) is 0 Å². The molecule has 3 rings (SSSR count). The lowest BCUT2D eigenvalue weighted by atomic mass is 10.1. The summed E-state index contributed by atoms with van der Waals surface area (Å²) in [6.45, 7) is 1.23. The third-order valence-electron chi connectivity index (χ3n) is 3.96. The number of aromatic nitrogens is 1. The SMILES string of the molecule is COCCN(C(=O)c1cccc2cc[nH]c12)C1CCSC1. The molecule has 5 heteroatoms. The van der Waals surface area contributed by atoms with Crippen molar-refractivity contribution in [3.63, 3.8) is 0 Å². The number of H-pyrrole nitrogens is 1. The predicted octanol–water partition coefficient (Wildman–Crippen LogP) is 2.76. The van der Waals surface area contributed by atoms with Gasteiger partial charge in [0.25, 0.3) is 5.91 Å². The van der Waals surface area contributed by atoms with Gasteiger partial charge in [-0.05, 0) is 24.3 Å². The summed E-state index contributed by atoms with van der Waals surface area (Å²) in [5.74, 6) is 2.26. The summed E-state index contributed by atoms with van der Waals surface area (Å²) in [5, 5.41) is 1.08. The summed E-state index contributed by atoms with van der Waals surface area (Å²) in [7, 11) is 1.68. The van der Waals surface area contributed by atoms with E-state index in [1.54, 1.807) is 7.11 Å². The lowest BCUT2D eigenvalue weighted by Crippen LogP contribution is -2.42. The van der Waals surface area contributed by atoms with Crippen molar-refractivity contribution in [1.82, 2.24) is 9.88 Å². The number of para-hydroxylation sites is 1. The second kappa shape index (κ2) is 6.54. The molecule has 112 valence electrons. The molecule has 0 bridgehead atoms. The minimum atomic E-state index is 0.104. The molecule has 1 aliphatic rings. The number of nitrogens with zero attached hydrogens (tertiary/aromatic N) is 1. The molecule has 1 amide bonds. The summed E-state index contributed by atoms with van der Waals surface area (Å²) in [6, 6.07) is 8.19. The van der Waals surface area contributed by atoms with E-state index < -0.39 is 0 Å². The summed E-state index contributed by atoms with van der Waals surface area (Å²) in [6.07, 6.45) is 2.95. The number of amides is 1. The Morgan fingerprint density at radius 3 is 3.14 bits per heavy atom. The first-order chi connectivity index (χ1) is 10.3. The number of rotatable bonds is 5. The van der Waals surface area contributed by atoms with Crippen molar-refractivity contribution in [3.8, 4) is 0 Å². The van der Waals surface area contributed by atoms with Crippen molar-refractivity contribution in [2.24, 2.45) is 0 Å². The zero-order chi connectivity index (χ0) is 14.7. The van der Waals surface area contributed by atoms with Crippen LogP contribution in [0.25, 0.3) is 10.9 Å². The Bertz CT molecular complexity index is 620. The summed E-state index contributed by atoms with van der Waals surface area (Å²) < 4.78 is 5.18. The molecule has 2 aromatic rings. The number of benzene rings is 1. The molecule has 1 saturated heterocycles. The number of aromatic amines is 1. The highest BCUT2D eigenvalue weighted by Crippen LogP contribution is 2.25. The zero-order valence-electron chi connectivity index (χ0n) is 12.2. The van der Waals surface area contributed by atoms with E-state index >= 15 is 0 Å². The fraction of sp³-hybridized carbons (Fsp3) is 0.438. The Balaban J connectivity index is 1.90. The van der Waals surface area contributed by atoms with Crippen LogP contribution in [0.1, 0.15) is 16.8 Å². The molecule has 2 heterocycles. The van der Waals surface area contributed by atoms with Gasteiger partial charge in [-0.25, -0.2) is 0 Å². The van der Waals surface area contributed by atoms with Crippen molar-refractivity contribution in [1.29, 1.82) is 0 Å². The average Bonchev–Trinajstić information content (AvgIpc) is 3.18. The molecule has 0 saturated carbocycles. The van der Waals surface area contributed by atoms with Gasteiger partial charge in [-0.2, -0.15) is 11.8 Å². The van der Waals surface area contributed by atoms with Crippen LogP contribution < -0.4 is 0 Å². The standard InChI is InChI=1S/C16H20N2O2S/c1-20-9-8-18(13-6-10-21-11-13)16(19)14-4-2-3-12-5-7-17-15(12)14/h2-5,7,13,17H,6,8-11H2,1H3. The van der Waals surface area contributed by atoms with Crippen molar-refractivity contribution in [3.05, 3.63) is 36.0 Å². The zero-order valence-corrected chi connectivity index (χ0v) is 13.0. The molecule has 1 aromatic heterocycles. The number of ether oxygens (including phenoxy) is 1. The maximum absolute atomic E-state index is 13.0. The Hall–Kier alpha value is -1.46. The van der Waals surface area contributed by atoms with Crippen LogP contribution in [-0.2, 0) is 4.74 Å². The monoisotopic (exact) mass is 304 g/mol. The first-order valence-corrected chi connectivity index (χ1v) is 8.40. The molecular formula is C16H20N2O2S. The van der Waals surface area contributed by atoms with Gasteiger partial charge in [0.15, 0.2) is 0 Å². The number of fused-ring (bicyclic) bond motifs is 1. The van der Waals surface area contributed by atoms with Gasteiger partial charge in [0.2, 0.25) is 0 Å². The van der Waals surface area contributed by atoms with Gasteiger partial charge < -0.3 is 14.6 Å². The normalized spacial score (nSPS) is 18.2. The fourth-order valence-corrected chi connectivity index (χ4v) is 4.05. The quantitative estimate of drug-likeness (QED) is 0.924. The van der Waals surface area contributed by atoms with Gasteiger partial charge in [0.1, 0.15) is 0 Å². The van der Waals surface area contributed by atoms with Gasteiger partial charge in [0, 0.05) is 37.0 Å². The number of methoxy groups -OCH3 is 1. The number of thioether (sulfide) groups is 1. The minimum Gasteiger partial charge on any atom is -0.383 e. The third kappa shape index (κ3) is 2.94. The maximum Gasteiger partial charge on any atom is 0.256 e. The highest BCUT2D eigenvalue weighted by molar-refractivity contribution is 7.99. The second-order valence-corrected chi connectivity index (χ2v) is 6.41. The van der Waals surface area contributed by atoms with Crippen LogP contribution in [0.15, 0.2) is 30.5 Å². The Kier molecular flexibility index (Phi) is 4.51. The van der Waals surface area contributed by atoms with E-state index in [2.05, 4.69) is 4.98 Å². The van der Waals surface area contributed by atoms with Crippen molar-refractivity contribution >= 4 is 28.6 Å². The molecule has 0 radical (unpaired) electrons. The van der Waals surface area contributed by atoms with Crippen LogP contribution >= 0.6 is 11.8 Å². The molecule has 1 atom stereocenters. The number of hydrogen-bond donors (Lipinski definition) is 1. The molecule has 0 spiro atoms. The van der Waals surface area contributed by atoms with E-state index in [0.717, 1.165) is 34.4 Å². The molecule has 1 unspecified atom stereocenters. The summed E-state index contributed by atoms with van der Waals surface area (Å²) in [5.41, 5.74) is 1.68. The number of hydrogen-bond acceptors (Lipinski definition) is 3. The van der Waals surface area contributed by atoms with Gasteiger partial charge >= 0.3 is 0 Å². The smallest absolute Gasteiger partial charge is 0.256 e. The number of carbonyl (C=O) groups is 1. The molecule has 4 nitrogen and oxygen atoms in total. The van der Waals surface area contributed by atoms with Crippen LogP contribution in [0.4, 0.5) is 0 Å². The molecular weight excluding hydrogens is 284 g/mol. The highest BCUT2D eigenvalue weighted by Gasteiger charge is 2.28. The Labute approximate surface area is 128 Å². The highest BCUT2D eigenvalue weighted by atomic mass is 32.2. The summed E-state index contributed by atoms with van der Waals surface area (Å²) in [4.78, 5) is 18.2. The number of nitrogens with one attached hydrogen (secondary N) is 1. The van der Waals surface area contributed by atoms with Gasteiger partial charge in [-0.15, -0.1) is 0 Å². The lowest BCUT2D eigenvalue weighted by Gasteiger charge is -2.28. The molecule has 0 aliphatic carbocycles. The van der Waals surface area contributed by atoms with Gasteiger partial charge in [-0.3, -0.25) is 4.79 Å². The number of carbonyl (C=O) groups excluding carboxylic acids is 1. The van der Waals surface area contributed by atoms with E-state index in [4.69, 9.17) is 4.74 Å². The third-order valence-corrected chi connectivity index (χ3v) is 5.11. The van der Waals surface area contributed by atoms with Crippen LogP contribution in [0.2, 0.25) is 0 Å². The van der Waals surface area contributed by atoms with Crippen LogP contribution in [0.3, 0.4) is 0 Å². The van der Waals surface area contributed by atoms with E-state index in [-0.39, 0.29) is 5.91 Å². The molecule has 1 N–H and O–H groups in total. The second-order valence-electron chi connectivity index (χ2n) is 5.26. The first-order valence-electron chi connectivity index (χ1n) is 7.25. The lowest BCUT2D eigenvalue weighted by molar-refractivity contribution is 0.0626. The Morgan fingerprint density at radius 1 is 1.48 bits per heavy atom. The van der Waals surface area contributed by atoms with E-state index in [9.17, 15) is 4.79 Å². The van der Waals surface area contributed by atoms with Crippen molar-refractivity contribution in [2.75, 3.05) is 31.8 Å². The topological polar surface area (TPSA) is 45.3 Å². The molecule has 21 heavy (non-hydrogen) atoms. The fourth-order valence-electron chi connectivity index (χ4n) is 2.83. The van der Waals surface area contributed by atoms with E-state index in [0.29, 0.717) is 19.2 Å². The minimum absolute atomic E-state index is 0.104. The molecule has 1 fully saturated rings. The van der Waals surface area contributed by atoms with Crippen LogP contribution in [0, 0.1) is 0 Å². The van der Waals surface area contributed by atoms with Crippen molar-refractivity contribution < 1.29 is 9.53 Å². The summed E-state index contributed by atoms with van der Waals surface area (Å²) >= 11 is 1.92. The maximum atomic E-state index is 13.0. The Morgan fingerprint density at radius 2 is 2.38 bits per heavy atom. The van der Waals surface area contributed by atoms with Crippen LogP contribution in [0.5, 0.6) is 0 Å². The average molecular weight is 304 g/mol. The molecule has 1 aliphatic heterocycles. The van der Waals surface area contributed by atoms with Crippen molar-refractivity contribution in [2.45, 2.75) is 12.5 Å².